The number of carbonyl (C=O) groups excluding carboxylic acids is 7. The lowest BCUT2D eigenvalue weighted by atomic mass is 9.44. The lowest BCUT2D eigenvalue weighted by molar-refractivity contribution is -0.346. The number of hydrogen-bond acceptors (Lipinski definition) is 16. The van der Waals surface area contributed by atoms with Gasteiger partial charge in [-0.05, 0) is 78.2 Å². The van der Waals surface area contributed by atoms with Crippen molar-refractivity contribution in [2.24, 2.45) is 16.7 Å². The minimum atomic E-state index is -2.42. The van der Waals surface area contributed by atoms with Gasteiger partial charge < -0.3 is 48.7 Å². The molecule has 1 aliphatic heterocycles. The average molecular weight is 926 g/mol. The molecule has 0 spiro atoms. The molecule has 3 fully saturated rings. The van der Waals surface area contributed by atoms with Gasteiger partial charge in [0.25, 0.3) is 0 Å². The van der Waals surface area contributed by atoms with E-state index >= 15 is 4.79 Å². The van der Waals surface area contributed by atoms with Gasteiger partial charge in [0, 0.05) is 38.5 Å². The summed E-state index contributed by atoms with van der Waals surface area (Å²) in [5.41, 5.74) is -8.11. The number of ether oxygens (including phenoxy) is 7. The molecule has 1 unspecified atom stereocenters. The molecule has 17 nitrogen and oxygen atoms in total. The first kappa shape index (κ1) is 51.8. The van der Waals surface area contributed by atoms with E-state index in [9.17, 15) is 39.0 Å². The van der Waals surface area contributed by atoms with Gasteiger partial charge >= 0.3 is 35.9 Å². The number of unbranched alkanes of at least 4 members (excludes halogenated alkanes) is 2. The number of Topliss-reactive ketones (excluding diaryl/α,β-unsaturated/α-hetero) is 1. The number of aliphatic hydroxyl groups is 2. The Morgan fingerprint density at radius 3 is 2.15 bits per heavy atom. The third-order valence-electron chi connectivity index (χ3n) is 13.4. The molecule has 2 bridgehead atoms. The first-order chi connectivity index (χ1) is 30.6. The number of fused-ring (bicyclic) bond motifs is 5. The second-order valence-corrected chi connectivity index (χ2v) is 20.0. The molecular weight excluding hydrogens is 859 g/mol. The molecule has 0 radical (unpaired) electrons. The number of nitrogens with one attached hydrogen (secondary N) is 1. The van der Waals surface area contributed by atoms with Crippen LogP contribution in [-0.4, -0.2) is 118 Å². The van der Waals surface area contributed by atoms with Gasteiger partial charge in [-0.25, -0.2) is 14.4 Å². The Balaban J connectivity index is 1.76. The Kier molecular flexibility index (Phi) is 15.4. The fourth-order valence-electron chi connectivity index (χ4n) is 10.2. The number of amides is 1. The summed E-state index contributed by atoms with van der Waals surface area (Å²) in [7, 11) is 0. The Bertz CT molecular complexity index is 2120. The van der Waals surface area contributed by atoms with Crippen molar-refractivity contribution in [3.05, 3.63) is 58.7 Å². The van der Waals surface area contributed by atoms with Crippen LogP contribution in [0.2, 0.25) is 0 Å². The maximum absolute atomic E-state index is 15.6. The van der Waals surface area contributed by atoms with Crippen LogP contribution in [0.4, 0.5) is 4.79 Å². The molecular formula is C49H67NO16. The predicted octanol–water partition coefficient (Wildman–Crippen LogP) is 5.56. The molecule has 11 atom stereocenters. The SMILES string of the molecule is CCCCCC(=O)O[C@@H](C(=O)O[C@H]1C[C@@]2(O)[C@@H](OC(=O)c3ccccc3)C3[C@](C)(C(=O)[C@H](OC(C)=O)C(=C1C)C2(C)C)[C@@H](O)C[C@H]1OC[C@@]31OC(C)=O)[C@H](C=C(C)C)NC(=O)OC(C)(C)C. The predicted molar refractivity (Wildman–Crippen MR) is 235 cm³/mol. The van der Waals surface area contributed by atoms with E-state index in [-0.39, 0.29) is 36.2 Å². The summed E-state index contributed by atoms with van der Waals surface area (Å²) in [6.07, 6.45) is -8.02. The summed E-state index contributed by atoms with van der Waals surface area (Å²) < 4.78 is 41.9. The maximum Gasteiger partial charge on any atom is 0.408 e. The number of aliphatic hydroxyl groups excluding tert-OH is 1. The van der Waals surface area contributed by atoms with E-state index in [4.69, 9.17) is 33.2 Å². The zero-order chi connectivity index (χ0) is 49.3. The number of carbonyl (C=O) groups is 7. The van der Waals surface area contributed by atoms with Crippen molar-refractivity contribution in [1.29, 1.82) is 0 Å². The summed E-state index contributed by atoms with van der Waals surface area (Å²) in [5.74, 6) is -7.02. The van der Waals surface area contributed by atoms with E-state index in [0.29, 0.717) is 18.4 Å². The second-order valence-electron chi connectivity index (χ2n) is 20.0. The fraction of sp³-hybridized carbons (Fsp3) is 0.653. The zero-order valence-electron chi connectivity index (χ0n) is 40.1. The van der Waals surface area contributed by atoms with E-state index in [1.807, 2.05) is 6.92 Å². The monoisotopic (exact) mass is 925 g/mol. The number of rotatable bonds is 14. The smallest absolute Gasteiger partial charge is 0.408 e. The number of esters is 5. The third kappa shape index (κ3) is 10.1. The van der Waals surface area contributed by atoms with Crippen molar-refractivity contribution in [2.45, 2.75) is 181 Å². The Morgan fingerprint density at radius 2 is 1.61 bits per heavy atom. The van der Waals surface area contributed by atoms with Crippen LogP contribution in [0.15, 0.2) is 53.1 Å². The van der Waals surface area contributed by atoms with Crippen LogP contribution in [-0.2, 0) is 57.1 Å². The van der Waals surface area contributed by atoms with Crippen molar-refractivity contribution in [3.63, 3.8) is 0 Å². The molecule has 5 rings (SSSR count). The first-order valence-corrected chi connectivity index (χ1v) is 22.6. The number of ketones is 1. The van der Waals surface area contributed by atoms with Crippen LogP contribution in [0.5, 0.6) is 0 Å². The molecule has 1 amide bonds. The van der Waals surface area contributed by atoms with Gasteiger partial charge in [-0.15, -0.1) is 0 Å². The maximum atomic E-state index is 15.6. The largest absolute Gasteiger partial charge is 0.455 e. The fourth-order valence-corrected chi connectivity index (χ4v) is 10.2. The minimum absolute atomic E-state index is 0.0174. The summed E-state index contributed by atoms with van der Waals surface area (Å²) in [6, 6.07) is 6.49. The number of benzene rings is 1. The molecule has 1 aromatic rings. The summed E-state index contributed by atoms with van der Waals surface area (Å²) in [5, 5.41) is 28.6. The highest BCUT2D eigenvalue weighted by molar-refractivity contribution is 5.95. The first-order valence-electron chi connectivity index (χ1n) is 22.6. The number of alkyl carbamates (subject to hydrolysis) is 1. The van der Waals surface area contributed by atoms with Crippen LogP contribution in [0.3, 0.4) is 0 Å². The summed E-state index contributed by atoms with van der Waals surface area (Å²) >= 11 is 0. The molecule has 1 aromatic carbocycles. The molecule has 3 aliphatic carbocycles. The zero-order valence-corrected chi connectivity index (χ0v) is 40.1. The topological polar surface area (TPSA) is 237 Å². The molecule has 1 saturated heterocycles. The Morgan fingerprint density at radius 1 is 0.955 bits per heavy atom. The Hall–Kier alpha value is -5.13. The summed E-state index contributed by atoms with van der Waals surface area (Å²) in [4.78, 5) is 97.7. The minimum Gasteiger partial charge on any atom is -0.455 e. The van der Waals surface area contributed by atoms with Gasteiger partial charge in [-0.2, -0.15) is 0 Å². The van der Waals surface area contributed by atoms with Crippen molar-refractivity contribution in [2.75, 3.05) is 6.61 Å². The van der Waals surface area contributed by atoms with Crippen LogP contribution in [0.25, 0.3) is 0 Å². The van der Waals surface area contributed by atoms with Crippen molar-refractivity contribution < 1.29 is 76.9 Å². The normalized spacial score (nSPS) is 30.8. The lowest BCUT2D eigenvalue weighted by Gasteiger charge is -2.67. The lowest BCUT2D eigenvalue weighted by Crippen LogP contribution is -2.82. The summed E-state index contributed by atoms with van der Waals surface area (Å²) in [6.45, 7) is 18.3. The molecule has 0 aromatic heterocycles. The standard InChI is InChI=1S/C49H67NO16/c1-13-14-16-21-35(54)63-37(31(22-26(2)3)50-44(58)66-45(7,8)9)43(57)62-32-24-49(59)41(64-42(56)30-19-17-15-18-20-30)39-47(12,33(53)23-34-48(39,25-60-34)65-29(6)52)40(55)38(61-28(5)51)36(27(32)4)46(49,10)11/h15,17-20,22,31-34,37-39,41,53,59H,13-14,16,21,23-25H2,1-12H3,(H,50,58)/t31-,32-,33-,34+,37+,38+,39?,41-,47+,48-,49+/m0/s1. The number of allylic oxidation sites excluding steroid dienone is 1. The Labute approximate surface area is 386 Å². The van der Waals surface area contributed by atoms with Crippen LogP contribution < -0.4 is 5.32 Å². The van der Waals surface area contributed by atoms with Crippen LogP contribution in [0, 0.1) is 16.7 Å². The van der Waals surface area contributed by atoms with E-state index in [0.717, 1.165) is 20.3 Å². The highest BCUT2D eigenvalue weighted by Gasteiger charge is 2.78. The second kappa shape index (κ2) is 19.6. The number of hydrogen-bond donors (Lipinski definition) is 3. The molecule has 17 heteroatoms. The van der Waals surface area contributed by atoms with E-state index in [1.165, 1.54) is 32.1 Å². The van der Waals surface area contributed by atoms with Crippen LogP contribution >= 0.6 is 0 Å². The third-order valence-corrected chi connectivity index (χ3v) is 13.4. The highest BCUT2D eigenvalue weighted by atomic mass is 16.6. The molecule has 2 saturated carbocycles. The molecule has 4 aliphatic rings. The van der Waals surface area contributed by atoms with E-state index in [2.05, 4.69) is 5.32 Å². The average Bonchev–Trinajstić information content (AvgIpc) is 3.20. The van der Waals surface area contributed by atoms with E-state index < -0.39 is 124 Å². The van der Waals surface area contributed by atoms with Crippen molar-refractivity contribution >= 4 is 41.7 Å². The van der Waals surface area contributed by atoms with Gasteiger partial charge in [0.1, 0.15) is 29.5 Å². The molecule has 364 valence electrons. The van der Waals surface area contributed by atoms with Gasteiger partial charge in [0.15, 0.2) is 17.5 Å². The van der Waals surface area contributed by atoms with Gasteiger partial charge in [0.2, 0.25) is 6.10 Å². The van der Waals surface area contributed by atoms with E-state index in [1.54, 1.807) is 66.7 Å². The molecule has 66 heavy (non-hydrogen) atoms. The van der Waals surface area contributed by atoms with Gasteiger partial charge in [-0.3, -0.25) is 19.2 Å². The van der Waals surface area contributed by atoms with Gasteiger partial charge in [-0.1, -0.05) is 63.5 Å². The highest BCUT2D eigenvalue weighted by Crippen LogP contribution is 2.64. The molecule has 3 N–H and O–H groups in total. The van der Waals surface area contributed by atoms with Crippen molar-refractivity contribution in [3.8, 4) is 0 Å². The van der Waals surface area contributed by atoms with Crippen LogP contribution in [0.1, 0.15) is 132 Å². The quantitative estimate of drug-likeness (QED) is 0.0897. The molecule has 1 heterocycles. The van der Waals surface area contributed by atoms with Crippen molar-refractivity contribution in [1.82, 2.24) is 5.32 Å². The van der Waals surface area contributed by atoms with Gasteiger partial charge in [0.05, 0.1) is 35.6 Å².